The van der Waals surface area contributed by atoms with Gasteiger partial charge in [0, 0.05) is 12.2 Å². The molecule has 0 radical (unpaired) electrons. The minimum absolute atomic E-state index is 0.800. The van der Waals surface area contributed by atoms with Crippen molar-refractivity contribution in [1.82, 2.24) is 9.78 Å². The molecule has 1 aromatic carbocycles. The molecule has 4 heteroatoms. The largest absolute Gasteiger partial charge is 0.379 e. The highest BCUT2D eigenvalue weighted by atomic mass is 79.9. The fourth-order valence-electron chi connectivity index (χ4n) is 2.91. The molecular weight excluding hydrogens is 314 g/mol. The fraction of sp³-hybridized carbons (Fsp3) is 0.438. The summed E-state index contributed by atoms with van der Waals surface area (Å²) >= 11 is 3.64. The van der Waals surface area contributed by atoms with Gasteiger partial charge in [0.2, 0.25) is 0 Å². The second kappa shape index (κ2) is 5.60. The van der Waals surface area contributed by atoms with Gasteiger partial charge in [-0.05, 0) is 72.3 Å². The van der Waals surface area contributed by atoms with Crippen LogP contribution in [0.2, 0.25) is 0 Å². The molecule has 0 amide bonds. The van der Waals surface area contributed by atoms with Crippen molar-refractivity contribution in [1.29, 1.82) is 0 Å². The van der Waals surface area contributed by atoms with E-state index in [0.29, 0.717) is 0 Å². The Morgan fingerprint density at radius 3 is 2.90 bits per heavy atom. The van der Waals surface area contributed by atoms with Gasteiger partial charge < -0.3 is 5.32 Å². The molecule has 3 rings (SSSR count). The summed E-state index contributed by atoms with van der Waals surface area (Å²) in [6.45, 7) is 5.86. The molecule has 0 fully saturated rings. The highest BCUT2D eigenvalue weighted by Gasteiger charge is 2.13. The average Bonchev–Trinajstić information content (AvgIpc) is 3.02. The van der Waals surface area contributed by atoms with Crippen LogP contribution in [0.15, 0.2) is 22.7 Å². The van der Waals surface area contributed by atoms with Crippen molar-refractivity contribution in [3.05, 3.63) is 45.2 Å². The molecule has 2 aromatic rings. The maximum atomic E-state index is 4.53. The molecule has 0 spiro atoms. The minimum Gasteiger partial charge on any atom is -0.379 e. The number of rotatable bonds is 4. The van der Waals surface area contributed by atoms with E-state index in [1.165, 1.54) is 41.8 Å². The van der Waals surface area contributed by atoms with Crippen LogP contribution in [0.4, 0.5) is 5.69 Å². The fourth-order valence-corrected chi connectivity index (χ4v) is 3.33. The summed E-state index contributed by atoms with van der Waals surface area (Å²) in [7, 11) is 0. The first-order valence-corrected chi connectivity index (χ1v) is 8.05. The number of aryl methyl sites for hydroxylation is 4. The zero-order valence-electron chi connectivity index (χ0n) is 12.0. The standard InChI is InChI=1S/C16H20BrN3/c1-3-20-15(16(17)11(2)19-20)10-18-14-8-7-12-5-4-6-13(12)9-14/h7-9,18H,3-6,10H2,1-2H3. The van der Waals surface area contributed by atoms with E-state index in [1.807, 2.05) is 6.92 Å². The van der Waals surface area contributed by atoms with Crippen molar-refractivity contribution >= 4 is 21.6 Å². The Balaban J connectivity index is 1.77. The molecule has 106 valence electrons. The topological polar surface area (TPSA) is 29.9 Å². The molecule has 1 aliphatic carbocycles. The van der Waals surface area contributed by atoms with Crippen molar-refractivity contribution in [2.75, 3.05) is 5.32 Å². The normalized spacial score (nSPS) is 13.6. The molecule has 0 unspecified atom stereocenters. The molecule has 1 aliphatic rings. The predicted molar refractivity (Wildman–Crippen MR) is 86.1 cm³/mol. The Labute approximate surface area is 128 Å². The smallest absolute Gasteiger partial charge is 0.0739 e. The Kier molecular flexibility index (Phi) is 3.83. The quantitative estimate of drug-likeness (QED) is 0.913. The Morgan fingerprint density at radius 2 is 2.10 bits per heavy atom. The van der Waals surface area contributed by atoms with Crippen LogP contribution in [0.25, 0.3) is 0 Å². The van der Waals surface area contributed by atoms with Crippen molar-refractivity contribution in [3.63, 3.8) is 0 Å². The van der Waals surface area contributed by atoms with Crippen LogP contribution < -0.4 is 5.32 Å². The SMILES string of the molecule is CCn1nc(C)c(Br)c1CNc1ccc2c(c1)CCC2. The zero-order valence-corrected chi connectivity index (χ0v) is 13.6. The lowest BCUT2D eigenvalue weighted by Crippen LogP contribution is -2.08. The average molecular weight is 334 g/mol. The van der Waals surface area contributed by atoms with Crippen molar-refractivity contribution in [2.24, 2.45) is 0 Å². The van der Waals surface area contributed by atoms with E-state index in [-0.39, 0.29) is 0 Å². The first-order chi connectivity index (χ1) is 9.69. The number of nitrogens with zero attached hydrogens (tertiary/aromatic N) is 2. The van der Waals surface area contributed by atoms with Gasteiger partial charge in [0.05, 0.1) is 22.4 Å². The molecule has 20 heavy (non-hydrogen) atoms. The predicted octanol–water partition coefficient (Wildman–Crippen LogP) is 4.07. The van der Waals surface area contributed by atoms with Crippen LogP contribution in [0, 0.1) is 6.92 Å². The summed E-state index contributed by atoms with van der Waals surface area (Å²) in [5.74, 6) is 0. The van der Waals surface area contributed by atoms with Gasteiger partial charge in [-0.15, -0.1) is 0 Å². The number of aromatic nitrogens is 2. The Bertz CT molecular complexity index is 631. The van der Waals surface area contributed by atoms with Crippen molar-refractivity contribution in [2.45, 2.75) is 46.2 Å². The van der Waals surface area contributed by atoms with Crippen LogP contribution in [0.1, 0.15) is 35.9 Å². The number of benzene rings is 1. The second-order valence-corrected chi connectivity index (χ2v) is 6.15. The van der Waals surface area contributed by atoms with E-state index >= 15 is 0 Å². The van der Waals surface area contributed by atoms with E-state index in [0.717, 1.165) is 23.3 Å². The van der Waals surface area contributed by atoms with Crippen LogP contribution in [-0.4, -0.2) is 9.78 Å². The number of halogens is 1. The van der Waals surface area contributed by atoms with Gasteiger partial charge in [0.1, 0.15) is 0 Å². The first kappa shape index (κ1) is 13.7. The Morgan fingerprint density at radius 1 is 1.30 bits per heavy atom. The molecule has 0 aliphatic heterocycles. The summed E-state index contributed by atoms with van der Waals surface area (Å²) in [4.78, 5) is 0. The molecule has 0 bridgehead atoms. The first-order valence-electron chi connectivity index (χ1n) is 7.26. The lowest BCUT2D eigenvalue weighted by atomic mass is 10.1. The summed E-state index contributed by atoms with van der Waals surface area (Å²) in [5.41, 5.74) is 6.50. The van der Waals surface area contributed by atoms with Crippen LogP contribution >= 0.6 is 15.9 Å². The lowest BCUT2D eigenvalue weighted by molar-refractivity contribution is 0.622. The number of nitrogens with one attached hydrogen (secondary N) is 1. The monoisotopic (exact) mass is 333 g/mol. The molecular formula is C16H20BrN3. The molecule has 0 saturated heterocycles. The molecule has 1 heterocycles. The van der Waals surface area contributed by atoms with E-state index in [9.17, 15) is 0 Å². The van der Waals surface area contributed by atoms with E-state index < -0.39 is 0 Å². The van der Waals surface area contributed by atoms with Gasteiger partial charge in [0.25, 0.3) is 0 Å². The minimum atomic E-state index is 0.800. The van der Waals surface area contributed by atoms with Crippen molar-refractivity contribution in [3.8, 4) is 0 Å². The van der Waals surface area contributed by atoms with Crippen LogP contribution in [0.3, 0.4) is 0 Å². The molecule has 0 atom stereocenters. The highest BCUT2D eigenvalue weighted by molar-refractivity contribution is 9.10. The number of anilines is 1. The Hall–Kier alpha value is -1.29. The lowest BCUT2D eigenvalue weighted by Gasteiger charge is -2.10. The summed E-state index contributed by atoms with van der Waals surface area (Å²) < 4.78 is 3.17. The summed E-state index contributed by atoms with van der Waals surface area (Å²) in [6, 6.07) is 6.76. The summed E-state index contributed by atoms with van der Waals surface area (Å²) in [5, 5.41) is 8.06. The van der Waals surface area contributed by atoms with Gasteiger partial charge >= 0.3 is 0 Å². The molecule has 0 saturated carbocycles. The molecule has 1 N–H and O–H groups in total. The molecule has 3 nitrogen and oxygen atoms in total. The van der Waals surface area contributed by atoms with E-state index in [4.69, 9.17) is 0 Å². The summed E-state index contributed by atoms with van der Waals surface area (Å²) in [6.07, 6.45) is 3.76. The maximum absolute atomic E-state index is 4.53. The number of hydrogen-bond acceptors (Lipinski definition) is 2. The second-order valence-electron chi connectivity index (χ2n) is 5.35. The third-order valence-electron chi connectivity index (χ3n) is 4.01. The van der Waals surface area contributed by atoms with Gasteiger partial charge in [-0.1, -0.05) is 6.07 Å². The number of hydrogen-bond donors (Lipinski definition) is 1. The third kappa shape index (κ3) is 2.49. The van der Waals surface area contributed by atoms with Crippen molar-refractivity contribution < 1.29 is 0 Å². The van der Waals surface area contributed by atoms with Gasteiger partial charge in [-0.3, -0.25) is 4.68 Å². The van der Waals surface area contributed by atoms with E-state index in [1.54, 1.807) is 0 Å². The zero-order chi connectivity index (χ0) is 14.1. The van der Waals surface area contributed by atoms with Crippen LogP contribution in [-0.2, 0) is 25.9 Å². The van der Waals surface area contributed by atoms with Gasteiger partial charge in [-0.25, -0.2) is 0 Å². The third-order valence-corrected chi connectivity index (χ3v) is 5.04. The van der Waals surface area contributed by atoms with Gasteiger partial charge in [-0.2, -0.15) is 5.10 Å². The highest BCUT2D eigenvalue weighted by Crippen LogP contribution is 2.26. The maximum Gasteiger partial charge on any atom is 0.0739 e. The molecule has 1 aromatic heterocycles. The van der Waals surface area contributed by atoms with Gasteiger partial charge in [0.15, 0.2) is 0 Å². The number of fused-ring (bicyclic) bond motifs is 1. The van der Waals surface area contributed by atoms with E-state index in [2.05, 4.69) is 56.2 Å². The van der Waals surface area contributed by atoms with Crippen LogP contribution in [0.5, 0.6) is 0 Å².